The van der Waals surface area contributed by atoms with Gasteiger partial charge in [-0.05, 0) is 6.92 Å². The summed E-state index contributed by atoms with van der Waals surface area (Å²) >= 11 is 0. The molecule has 6 heteroatoms. The molecule has 0 atom stereocenters. The fourth-order valence-electron chi connectivity index (χ4n) is 0.944. The molecule has 0 saturated carbocycles. The molecule has 70 valence electrons. The van der Waals surface area contributed by atoms with E-state index in [-0.39, 0.29) is 5.95 Å². The van der Waals surface area contributed by atoms with E-state index in [0.29, 0.717) is 11.6 Å². The normalized spacial score (nSPS) is 9.69. The van der Waals surface area contributed by atoms with Crippen LogP contribution < -0.4 is 16.4 Å². The molecule has 1 rings (SSSR count). The van der Waals surface area contributed by atoms with E-state index in [0.717, 1.165) is 11.9 Å². The van der Waals surface area contributed by atoms with Crippen molar-refractivity contribution in [2.45, 2.75) is 6.92 Å². The van der Waals surface area contributed by atoms with Crippen molar-refractivity contribution in [1.82, 2.24) is 9.97 Å². The van der Waals surface area contributed by atoms with Gasteiger partial charge in [0.15, 0.2) is 0 Å². The topological polar surface area (TPSA) is 105 Å². The molecule has 0 radical (unpaired) electrons. The van der Waals surface area contributed by atoms with Crippen LogP contribution in [0.15, 0.2) is 0 Å². The summed E-state index contributed by atoms with van der Waals surface area (Å²) in [5, 5.41) is 7.04. The monoisotopic (exact) mass is 180 g/mol. The largest absolute Gasteiger partial charge is 0.383 e. The zero-order valence-electron chi connectivity index (χ0n) is 7.57. The summed E-state index contributed by atoms with van der Waals surface area (Å²) in [6.07, 6.45) is 1.13. The number of nitrogen functional groups attached to an aromatic ring is 2. The maximum atomic E-state index is 7.04. The molecular weight excluding hydrogens is 168 g/mol. The van der Waals surface area contributed by atoms with Crippen LogP contribution in [0.4, 0.5) is 17.6 Å². The fourth-order valence-corrected chi connectivity index (χ4v) is 0.944. The van der Waals surface area contributed by atoms with Gasteiger partial charge >= 0.3 is 0 Å². The van der Waals surface area contributed by atoms with E-state index in [9.17, 15) is 0 Å². The molecular formula is C7H12N6. The predicted molar refractivity (Wildman–Crippen MR) is 52.8 cm³/mol. The van der Waals surface area contributed by atoms with Crippen molar-refractivity contribution in [2.24, 2.45) is 0 Å². The number of hydrogen-bond donors (Lipinski definition) is 3. The van der Waals surface area contributed by atoms with E-state index >= 15 is 0 Å². The second-order valence-electron chi connectivity index (χ2n) is 2.66. The maximum absolute atomic E-state index is 7.04. The van der Waals surface area contributed by atoms with Gasteiger partial charge in [0, 0.05) is 12.6 Å². The first kappa shape index (κ1) is 9.24. The minimum absolute atomic E-state index is 0.117. The van der Waals surface area contributed by atoms with Crippen molar-refractivity contribution < 1.29 is 0 Å². The quantitative estimate of drug-likeness (QED) is 0.438. The third kappa shape index (κ3) is 1.66. The van der Waals surface area contributed by atoms with Crippen LogP contribution in [-0.2, 0) is 0 Å². The zero-order chi connectivity index (χ0) is 10.0. The number of nitrogens with zero attached hydrogens (tertiary/aromatic N) is 3. The van der Waals surface area contributed by atoms with E-state index in [1.807, 2.05) is 0 Å². The van der Waals surface area contributed by atoms with Gasteiger partial charge in [0.1, 0.15) is 11.6 Å². The fraction of sp³-hybridized carbons (Fsp3) is 0.286. The molecule has 0 spiro atoms. The highest BCUT2D eigenvalue weighted by molar-refractivity contribution is 5.77. The highest BCUT2D eigenvalue weighted by Crippen LogP contribution is 2.19. The van der Waals surface area contributed by atoms with Gasteiger partial charge < -0.3 is 16.4 Å². The number of rotatable bonds is 2. The molecule has 6 nitrogen and oxygen atoms in total. The Morgan fingerprint density at radius 2 is 2.00 bits per heavy atom. The Hall–Kier alpha value is -1.85. The third-order valence-electron chi connectivity index (χ3n) is 1.70. The number of nitrogens with two attached hydrogens (primary N) is 2. The Morgan fingerprint density at radius 3 is 2.54 bits per heavy atom. The first-order valence-electron chi connectivity index (χ1n) is 3.69. The summed E-state index contributed by atoms with van der Waals surface area (Å²) in [6.45, 7) is 1.78. The van der Waals surface area contributed by atoms with Crippen LogP contribution in [0, 0.1) is 12.3 Å². The van der Waals surface area contributed by atoms with E-state index < -0.39 is 0 Å². The van der Waals surface area contributed by atoms with Crippen molar-refractivity contribution in [3.05, 3.63) is 5.56 Å². The van der Waals surface area contributed by atoms with Crippen LogP contribution in [-0.4, -0.2) is 23.4 Å². The van der Waals surface area contributed by atoms with Crippen LogP contribution >= 0.6 is 0 Å². The minimum atomic E-state index is 0.117. The maximum Gasteiger partial charge on any atom is 0.223 e. The Balaban J connectivity index is 3.27. The standard InChI is InChI=1S/C7H12N6/c1-4-5(9)11-7(10)12-6(4)13(2)3-8/h3,8H,1-2H3,(H4,9,10,11,12). The Bertz CT molecular complexity index is 334. The van der Waals surface area contributed by atoms with Gasteiger partial charge in [0.25, 0.3) is 0 Å². The first-order chi connectivity index (χ1) is 6.06. The van der Waals surface area contributed by atoms with Gasteiger partial charge in [0.2, 0.25) is 5.95 Å². The lowest BCUT2D eigenvalue weighted by atomic mass is 10.3. The lowest BCUT2D eigenvalue weighted by Crippen LogP contribution is -2.18. The lowest BCUT2D eigenvalue weighted by molar-refractivity contribution is 1.09. The molecule has 0 amide bonds. The number of nitrogens with one attached hydrogen (secondary N) is 1. The molecule has 1 aromatic rings. The molecule has 0 unspecified atom stereocenters. The molecule has 0 aromatic carbocycles. The van der Waals surface area contributed by atoms with Crippen molar-refractivity contribution in [3.63, 3.8) is 0 Å². The van der Waals surface area contributed by atoms with Crippen molar-refractivity contribution in [1.29, 1.82) is 5.41 Å². The third-order valence-corrected chi connectivity index (χ3v) is 1.70. The second kappa shape index (κ2) is 3.26. The van der Waals surface area contributed by atoms with Crippen molar-refractivity contribution in [2.75, 3.05) is 23.4 Å². The van der Waals surface area contributed by atoms with E-state index in [1.165, 1.54) is 4.90 Å². The van der Waals surface area contributed by atoms with Gasteiger partial charge in [-0.15, -0.1) is 0 Å². The smallest absolute Gasteiger partial charge is 0.223 e. The molecule has 0 aliphatic carbocycles. The lowest BCUT2D eigenvalue weighted by Gasteiger charge is -2.14. The van der Waals surface area contributed by atoms with Gasteiger partial charge in [-0.1, -0.05) is 0 Å². The molecule has 1 heterocycles. The highest BCUT2D eigenvalue weighted by Gasteiger charge is 2.09. The SMILES string of the molecule is Cc1c(N)nc(N)nc1N(C)C=N. The van der Waals surface area contributed by atoms with Crippen LogP contribution in [0.1, 0.15) is 5.56 Å². The van der Waals surface area contributed by atoms with Gasteiger partial charge in [0.05, 0.1) is 6.34 Å². The summed E-state index contributed by atoms with van der Waals surface area (Å²) in [6, 6.07) is 0. The first-order valence-corrected chi connectivity index (χ1v) is 3.69. The number of hydrogen-bond acceptors (Lipinski definition) is 5. The number of anilines is 3. The van der Waals surface area contributed by atoms with Crippen molar-refractivity contribution >= 4 is 23.9 Å². The highest BCUT2D eigenvalue weighted by atomic mass is 15.2. The Morgan fingerprint density at radius 1 is 1.38 bits per heavy atom. The predicted octanol–water partition coefficient (Wildman–Crippen LogP) is -0.00731. The summed E-state index contributed by atoms with van der Waals surface area (Å²) in [5.74, 6) is 1.02. The van der Waals surface area contributed by atoms with E-state index in [2.05, 4.69) is 9.97 Å². The average molecular weight is 180 g/mol. The second-order valence-corrected chi connectivity index (χ2v) is 2.66. The van der Waals surface area contributed by atoms with Crippen LogP contribution in [0.25, 0.3) is 0 Å². The number of aromatic nitrogens is 2. The van der Waals surface area contributed by atoms with Gasteiger partial charge in [-0.25, -0.2) is 0 Å². The van der Waals surface area contributed by atoms with Gasteiger partial charge in [-0.3, -0.25) is 5.41 Å². The van der Waals surface area contributed by atoms with Gasteiger partial charge in [-0.2, -0.15) is 9.97 Å². The average Bonchev–Trinajstić information content (AvgIpc) is 2.10. The minimum Gasteiger partial charge on any atom is -0.383 e. The molecule has 0 aliphatic heterocycles. The summed E-state index contributed by atoms with van der Waals surface area (Å²) in [7, 11) is 1.70. The molecule has 0 saturated heterocycles. The molecule has 0 bridgehead atoms. The zero-order valence-corrected chi connectivity index (χ0v) is 7.57. The van der Waals surface area contributed by atoms with Crippen LogP contribution in [0.2, 0.25) is 0 Å². The summed E-state index contributed by atoms with van der Waals surface area (Å²) in [4.78, 5) is 9.28. The summed E-state index contributed by atoms with van der Waals surface area (Å²) < 4.78 is 0. The molecule has 1 aromatic heterocycles. The Kier molecular flexibility index (Phi) is 2.32. The van der Waals surface area contributed by atoms with E-state index in [1.54, 1.807) is 14.0 Å². The van der Waals surface area contributed by atoms with Crippen molar-refractivity contribution in [3.8, 4) is 0 Å². The molecule has 5 N–H and O–H groups in total. The summed E-state index contributed by atoms with van der Waals surface area (Å²) in [5.41, 5.74) is 11.7. The molecule has 0 aliphatic rings. The van der Waals surface area contributed by atoms with Crippen LogP contribution in [0.3, 0.4) is 0 Å². The Labute approximate surface area is 76.1 Å². The van der Waals surface area contributed by atoms with E-state index in [4.69, 9.17) is 16.9 Å². The molecule has 13 heavy (non-hydrogen) atoms. The van der Waals surface area contributed by atoms with Crippen LogP contribution in [0.5, 0.6) is 0 Å². The molecule has 0 fully saturated rings.